The molecule has 0 N–H and O–H groups in total. The Hall–Kier alpha value is -0.880. The number of hydrogen-bond acceptors (Lipinski definition) is 2. The molecule has 2 nitrogen and oxygen atoms in total. The first-order valence-electron chi connectivity index (χ1n) is 2.80. The molecule has 0 radical (unpaired) electrons. The van der Waals surface area contributed by atoms with E-state index in [-0.39, 0.29) is 0 Å². The first-order chi connectivity index (χ1) is 4.83. The van der Waals surface area contributed by atoms with Crippen molar-refractivity contribution in [3.63, 3.8) is 0 Å². The van der Waals surface area contributed by atoms with Crippen LogP contribution in [0, 0.1) is 11.3 Å². The molecule has 0 fully saturated rings. The van der Waals surface area contributed by atoms with Crippen LogP contribution in [0.15, 0.2) is 22.8 Å². The van der Waals surface area contributed by atoms with Crippen LogP contribution in [0.2, 0.25) is 0 Å². The van der Waals surface area contributed by atoms with Crippen molar-refractivity contribution in [2.45, 2.75) is 6.42 Å². The van der Waals surface area contributed by atoms with Crippen LogP contribution in [0.3, 0.4) is 0 Å². The lowest BCUT2D eigenvalue weighted by atomic mass is 10.3. The van der Waals surface area contributed by atoms with Gasteiger partial charge in [-0.1, -0.05) is 15.9 Å². The molecule has 0 aliphatic carbocycles. The fraction of sp³-hybridized carbons (Fsp3) is 0.143. The van der Waals surface area contributed by atoms with E-state index < -0.39 is 0 Å². The molecule has 0 saturated carbocycles. The fourth-order valence-electron chi connectivity index (χ4n) is 0.626. The van der Waals surface area contributed by atoms with Gasteiger partial charge in [-0.05, 0) is 12.1 Å². The van der Waals surface area contributed by atoms with Gasteiger partial charge < -0.3 is 0 Å². The molecule has 0 aliphatic rings. The van der Waals surface area contributed by atoms with E-state index in [1.54, 1.807) is 6.20 Å². The quantitative estimate of drug-likeness (QED) is 0.689. The van der Waals surface area contributed by atoms with E-state index in [1.807, 2.05) is 18.2 Å². The Balaban J connectivity index is 2.87. The Morgan fingerprint density at radius 3 is 3.10 bits per heavy atom. The van der Waals surface area contributed by atoms with Gasteiger partial charge in [-0.25, -0.2) is 0 Å². The van der Waals surface area contributed by atoms with Gasteiger partial charge in [0.25, 0.3) is 0 Å². The molecule has 0 unspecified atom stereocenters. The van der Waals surface area contributed by atoms with Crippen molar-refractivity contribution in [1.82, 2.24) is 4.98 Å². The topological polar surface area (TPSA) is 36.7 Å². The van der Waals surface area contributed by atoms with Crippen molar-refractivity contribution < 1.29 is 0 Å². The SMILES string of the molecule is N#CCc1cc(Br)ccn1. The highest BCUT2D eigenvalue weighted by molar-refractivity contribution is 9.10. The maximum atomic E-state index is 8.31. The van der Waals surface area contributed by atoms with Gasteiger partial charge in [0.15, 0.2) is 0 Å². The fourth-order valence-corrected chi connectivity index (χ4v) is 1.01. The molecule has 1 rings (SSSR count). The molecular formula is C7H5BrN2. The minimum Gasteiger partial charge on any atom is -0.260 e. The maximum absolute atomic E-state index is 8.31. The summed E-state index contributed by atoms with van der Waals surface area (Å²) in [5, 5.41) is 8.31. The van der Waals surface area contributed by atoms with Gasteiger partial charge in [-0.2, -0.15) is 5.26 Å². The van der Waals surface area contributed by atoms with Crippen molar-refractivity contribution in [3.05, 3.63) is 28.5 Å². The third-order valence-electron chi connectivity index (χ3n) is 1.04. The summed E-state index contributed by atoms with van der Waals surface area (Å²) in [5.74, 6) is 0. The monoisotopic (exact) mass is 196 g/mol. The van der Waals surface area contributed by atoms with Crippen LogP contribution in [0.25, 0.3) is 0 Å². The zero-order valence-electron chi connectivity index (χ0n) is 5.21. The highest BCUT2D eigenvalue weighted by Gasteiger charge is 1.91. The molecule has 0 bridgehead atoms. The second kappa shape index (κ2) is 3.33. The van der Waals surface area contributed by atoms with Gasteiger partial charge in [0, 0.05) is 10.7 Å². The molecule has 10 heavy (non-hydrogen) atoms. The van der Waals surface area contributed by atoms with Gasteiger partial charge in [-0.15, -0.1) is 0 Å². The first-order valence-corrected chi connectivity index (χ1v) is 3.59. The highest BCUT2D eigenvalue weighted by Crippen LogP contribution is 2.08. The molecule has 0 spiro atoms. The van der Waals surface area contributed by atoms with Crippen LogP contribution in [0.5, 0.6) is 0 Å². The summed E-state index contributed by atoms with van der Waals surface area (Å²) >= 11 is 3.28. The van der Waals surface area contributed by atoms with Gasteiger partial charge in [0.05, 0.1) is 18.2 Å². The van der Waals surface area contributed by atoms with E-state index in [0.29, 0.717) is 6.42 Å². The minimum atomic E-state index is 0.374. The average molecular weight is 197 g/mol. The van der Waals surface area contributed by atoms with Crippen LogP contribution in [0.4, 0.5) is 0 Å². The lowest BCUT2D eigenvalue weighted by Gasteiger charge is -1.91. The van der Waals surface area contributed by atoms with Crippen LogP contribution < -0.4 is 0 Å². The number of rotatable bonds is 1. The van der Waals surface area contributed by atoms with E-state index >= 15 is 0 Å². The molecule has 0 atom stereocenters. The van der Waals surface area contributed by atoms with Crippen LogP contribution in [-0.4, -0.2) is 4.98 Å². The second-order valence-corrected chi connectivity index (χ2v) is 2.72. The zero-order valence-corrected chi connectivity index (χ0v) is 6.80. The first kappa shape index (κ1) is 7.23. The van der Waals surface area contributed by atoms with Crippen molar-refractivity contribution in [1.29, 1.82) is 5.26 Å². The summed E-state index contributed by atoms with van der Waals surface area (Å²) in [6.45, 7) is 0. The molecule has 0 aliphatic heterocycles. The van der Waals surface area contributed by atoms with Crippen molar-refractivity contribution in [2.24, 2.45) is 0 Å². The summed E-state index contributed by atoms with van der Waals surface area (Å²) in [4.78, 5) is 3.98. The Kier molecular flexibility index (Phi) is 2.41. The van der Waals surface area contributed by atoms with Gasteiger partial charge >= 0.3 is 0 Å². The Morgan fingerprint density at radius 1 is 1.70 bits per heavy atom. The summed E-state index contributed by atoms with van der Waals surface area (Å²) in [6, 6.07) is 5.70. The average Bonchev–Trinajstić information content (AvgIpc) is 1.88. The van der Waals surface area contributed by atoms with E-state index in [9.17, 15) is 0 Å². The largest absolute Gasteiger partial charge is 0.260 e. The predicted molar refractivity (Wildman–Crippen MR) is 41.3 cm³/mol. The van der Waals surface area contributed by atoms with Crippen molar-refractivity contribution >= 4 is 15.9 Å². The molecular weight excluding hydrogens is 192 g/mol. The number of pyridine rings is 1. The maximum Gasteiger partial charge on any atom is 0.0775 e. The molecule has 0 saturated heterocycles. The molecule has 1 aromatic rings. The molecule has 3 heteroatoms. The highest BCUT2D eigenvalue weighted by atomic mass is 79.9. The number of nitriles is 1. The van der Waals surface area contributed by atoms with Crippen molar-refractivity contribution in [3.8, 4) is 6.07 Å². The summed E-state index contributed by atoms with van der Waals surface area (Å²) < 4.78 is 0.966. The van der Waals surface area contributed by atoms with Crippen LogP contribution >= 0.6 is 15.9 Å². The van der Waals surface area contributed by atoms with E-state index in [1.165, 1.54) is 0 Å². The smallest absolute Gasteiger partial charge is 0.0775 e. The normalized spacial score (nSPS) is 8.80. The van der Waals surface area contributed by atoms with Crippen molar-refractivity contribution in [2.75, 3.05) is 0 Å². The van der Waals surface area contributed by atoms with Gasteiger partial charge in [0.1, 0.15) is 0 Å². The molecule has 1 heterocycles. The summed E-state index contributed by atoms with van der Waals surface area (Å²) in [5.41, 5.74) is 0.803. The van der Waals surface area contributed by atoms with E-state index in [4.69, 9.17) is 5.26 Å². The third kappa shape index (κ3) is 1.82. The zero-order chi connectivity index (χ0) is 7.40. The van der Waals surface area contributed by atoms with Gasteiger partial charge in [-0.3, -0.25) is 4.98 Å². The number of halogens is 1. The molecule has 1 aromatic heterocycles. The summed E-state index contributed by atoms with van der Waals surface area (Å²) in [7, 11) is 0. The lowest BCUT2D eigenvalue weighted by Crippen LogP contribution is -1.85. The van der Waals surface area contributed by atoms with E-state index in [0.717, 1.165) is 10.2 Å². The number of nitrogens with zero attached hydrogens (tertiary/aromatic N) is 2. The molecule has 0 aromatic carbocycles. The Morgan fingerprint density at radius 2 is 2.50 bits per heavy atom. The minimum absolute atomic E-state index is 0.374. The second-order valence-electron chi connectivity index (χ2n) is 1.80. The summed E-state index contributed by atoms with van der Waals surface area (Å²) in [6.07, 6.45) is 2.05. The van der Waals surface area contributed by atoms with Gasteiger partial charge in [0.2, 0.25) is 0 Å². The Bertz CT molecular complexity index is 265. The standard InChI is InChI=1S/C7H5BrN2/c8-6-2-4-10-7(5-6)1-3-9/h2,4-5H,1H2. The molecule has 50 valence electrons. The van der Waals surface area contributed by atoms with E-state index in [2.05, 4.69) is 20.9 Å². The lowest BCUT2D eigenvalue weighted by molar-refractivity contribution is 1.11. The Labute approximate surface area is 67.6 Å². The number of aromatic nitrogens is 1. The molecule has 0 amide bonds. The van der Waals surface area contributed by atoms with Crippen LogP contribution in [-0.2, 0) is 6.42 Å². The third-order valence-corrected chi connectivity index (χ3v) is 1.53. The predicted octanol–water partition coefficient (Wildman–Crippen LogP) is 1.91. The van der Waals surface area contributed by atoms with Crippen LogP contribution in [0.1, 0.15) is 5.69 Å². The number of hydrogen-bond donors (Lipinski definition) is 0.